The first-order valence-electron chi connectivity index (χ1n) is 4.57. The van der Waals surface area contributed by atoms with E-state index in [4.69, 9.17) is 0 Å². The van der Waals surface area contributed by atoms with Gasteiger partial charge in [-0.3, -0.25) is 0 Å². The summed E-state index contributed by atoms with van der Waals surface area (Å²) in [5, 5.41) is 3.26. The van der Waals surface area contributed by atoms with Crippen molar-refractivity contribution in [1.82, 2.24) is 10.1 Å². The average molecular weight is 254 g/mol. The van der Waals surface area contributed by atoms with Crippen molar-refractivity contribution >= 4 is 33.3 Å². The Balaban J connectivity index is 0.000000162. The highest BCUT2D eigenvalue weighted by Crippen LogP contribution is 2.27. The second kappa shape index (κ2) is 5.18. The number of aromatic nitrogens is 2. The number of hydrogen-bond donors (Lipinski definition) is 0. The number of para-hydroxylation sites is 1. The minimum Gasteiger partial charge on any atom is -0.248 e. The number of rotatable bonds is 1. The third-order valence-electron chi connectivity index (χ3n) is 1.77. The maximum absolute atomic E-state index is 4.41. The molecular weight excluding hydrogens is 244 g/mol. The van der Waals surface area contributed by atoms with Crippen LogP contribution in [0.2, 0.25) is 0 Å². The Bertz CT molecular complexity index is 513. The van der Waals surface area contributed by atoms with Gasteiger partial charge in [0, 0.05) is 12.1 Å². The van der Waals surface area contributed by atoms with Crippen molar-refractivity contribution < 1.29 is 9.26 Å². The maximum atomic E-state index is 4.41. The smallest absolute Gasteiger partial charge is 0.248 e. The van der Waals surface area contributed by atoms with E-state index in [1.54, 1.807) is 30.0 Å². The molecule has 0 atom stereocenters. The van der Waals surface area contributed by atoms with Crippen LogP contribution in [0.3, 0.4) is 0 Å². The first-order chi connectivity index (χ1) is 7.79. The Hall–Kier alpha value is -1.27. The highest BCUT2D eigenvalue weighted by Gasteiger charge is 1.99. The van der Waals surface area contributed by atoms with Crippen LogP contribution in [-0.4, -0.2) is 16.4 Å². The van der Waals surface area contributed by atoms with Crippen molar-refractivity contribution in [3.05, 3.63) is 30.2 Å². The van der Waals surface area contributed by atoms with Crippen molar-refractivity contribution in [3.63, 3.8) is 0 Å². The van der Waals surface area contributed by atoms with Gasteiger partial charge in [-0.2, -0.15) is 4.68 Å². The number of aryl methyl sites for hydroxylation is 1. The first-order valence-corrected chi connectivity index (χ1v) is 6.61. The fraction of sp³-hybridized carbons (Fsp3) is 0.200. The van der Waals surface area contributed by atoms with E-state index in [0.717, 1.165) is 9.86 Å². The van der Waals surface area contributed by atoms with Crippen LogP contribution in [0, 0.1) is 6.92 Å². The van der Waals surface area contributed by atoms with E-state index in [0.29, 0.717) is 5.89 Å². The lowest BCUT2D eigenvalue weighted by atomic mass is 10.3. The van der Waals surface area contributed by atoms with Gasteiger partial charge < -0.3 is 0 Å². The first kappa shape index (κ1) is 11.2. The molecule has 0 saturated heterocycles. The predicted molar refractivity (Wildman–Crippen MR) is 64.9 cm³/mol. The van der Waals surface area contributed by atoms with Crippen LogP contribution in [0.4, 0.5) is 0 Å². The van der Waals surface area contributed by atoms with E-state index in [9.17, 15) is 0 Å². The molecule has 0 aliphatic heterocycles. The molecule has 0 aliphatic rings. The molecule has 3 rings (SSSR count). The summed E-state index contributed by atoms with van der Waals surface area (Å²) in [6.45, 7) is 1.71. The summed E-state index contributed by atoms with van der Waals surface area (Å²) in [5.74, 6) is 0.588. The molecule has 0 saturated carbocycles. The molecule has 0 radical (unpaired) electrons. The fourth-order valence-corrected chi connectivity index (χ4v) is 2.54. The van der Waals surface area contributed by atoms with Gasteiger partial charge in [0.1, 0.15) is 0 Å². The van der Waals surface area contributed by atoms with Gasteiger partial charge in [0.05, 0.1) is 10.2 Å². The van der Waals surface area contributed by atoms with Crippen LogP contribution in [0.1, 0.15) is 5.89 Å². The second-order valence-corrected chi connectivity index (χ2v) is 5.00. The zero-order valence-corrected chi connectivity index (χ0v) is 10.5. The lowest BCUT2D eigenvalue weighted by molar-refractivity contribution is -0.0920. The van der Waals surface area contributed by atoms with Crippen LogP contribution in [0.25, 0.3) is 10.2 Å². The largest absolute Gasteiger partial charge is 0.285 e. The average Bonchev–Trinajstić information content (AvgIpc) is 2.70. The third kappa shape index (κ3) is 2.65. The van der Waals surface area contributed by atoms with E-state index >= 15 is 0 Å². The minimum absolute atomic E-state index is 0.588. The number of thiazole rings is 1. The SMILES string of the molecule is CSc1nc2ccccc2s1.Cc1noo1. The standard InChI is InChI=1S/C8H7NS2.C2H3NO2/c1-10-8-9-6-4-2-3-5-7(6)11-8;1-2-3-5-4-2/h2-5H,1H3;1H3. The molecule has 2 aromatic heterocycles. The number of fused-ring (bicyclic) bond motifs is 1. The van der Waals surface area contributed by atoms with E-state index < -0.39 is 0 Å². The molecule has 3 aromatic rings. The highest BCUT2D eigenvalue weighted by atomic mass is 32.2. The number of nitrogens with zero attached hydrogens (tertiary/aromatic N) is 2. The van der Waals surface area contributed by atoms with Crippen LogP contribution in [0.15, 0.2) is 37.9 Å². The van der Waals surface area contributed by atoms with Gasteiger partial charge in [-0.1, -0.05) is 23.9 Å². The summed E-state index contributed by atoms with van der Waals surface area (Å²) >= 11 is 3.45. The molecule has 2 heterocycles. The lowest BCUT2D eigenvalue weighted by Crippen LogP contribution is -1.78. The van der Waals surface area contributed by atoms with E-state index in [1.165, 1.54) is 4.70 Å². The fourth-order valence-electron chi connectivity index (χ4n) is 1.05. The van der Waals surface area contributed by atoms with Gasteiger partial charge in [0.15, 0.2) is 4.34 Å². The third-order valence-corrected chi connectivity index (χ3v) is 3.79. The van der Waals surface area contributed by atoms with Gasteiger partial charge in [-0.05, 0) is 18.4 Å². The molecule has 6 heteroatoms. The number of hydrogen-bond acceptors (Lipinski definition) is 6. The molecule has 1 aromatic carbocycles. The summed E-state index contributed by atoms with van der Waals surface area (Å²) in [6, 6.07) is 8.22. The summed E-state index contributed by atoms with van der Waals surface area (Å²) in [7, 11) is 0. The maximum Gasteiger partial charge on any atom is 0.285 e. The predicted octanol–water partition coefficient (Wildman–Crippen LogP) is 3.59. The van der Waals surface area contributed by atoms with Gasteiger partial charge in [-0.25, -0.2) is 9.56 Å². The zero-order valence-electron chi connectivity index (χ0n) is 8.84. The summed E-state index contributed by atoms with van der Waals surface area (Å²) in [6.07, 6.45) is 2.05. The molecular formula is C10H10N2O2S2. The minimum atomic E-state index is 0.588. The Morgan fingerprint density at radius 1 is 1.31 bits per heavy atom. The quantitative estimate of drug-likeness (QED) is 0.490. The van der Waals surface area contributed by atoms with Crippen molar-refractivity contribution in [1.29, 1.82) is 0 Å². The molecule has 84 valence electrons. The van der Waals surface area contributed by atoms with Crippen LogP contribution >= 0.6 is 23.1 Å². The van der Waals surface area contributed by atoms with E-state index in [2.05, 4.69) is 31.7 Å². The molecule has 4 nitrogen and oxygen atoms in total. The van der Waals surface area contributed by atoms with Crippen LogP contribution < -0.4 is 0 Å². The zero-order chi connectivity index (χ0) is 11.4. The molecule has 0 amide bonds. The molecule has 0 fully saturated rings. The molecule has 0 bridgehead atoms. The van der Waals surface area contributed by atoms with Gasteiger partial charge in [0.2, 0.25) is 0 Å². The van der Waals surface area contributed by atoms with Crippen molar-refractivity contribution in [2.75, 3.05) is 6.26 Å². The summed E-state index contributed by atoms with van der Waals surface area (Å²) in [5.41, 5.74) is 1.11. The van der Waals surface area contributed by atoms with Crippen LogP contribution in [-0.2, 0) is 0 Å². The van der Waals surface area contributed by atoms with Crippen LogP contribution in [0.5, 0.6) is 0 Å². The van der Waals surface area contributed by atoms with Gasteiger partial charge in [-0.15, -0.1) is 11.3 Å². The number of benzene rings is 1. The van der Waals surface area contributed by atoms with Crippen molar-refractivity contribution in [2.45, 2.75) is 11.3 Å². The molecule has 0 N–H and O–H groups in total. The van der Waals surface area contributed by atoms with Gasteiger partial charge in [0.25, 0.3) is 5.89 Å². The molecule has 0 aliphatic carbocycles. The molecule has 0 unspecified atom stereocenters. The Morgan fingerprint density at radius 2 is 2.00 bits per heavy atom. The monoisotopic (exact) mass is 254 g/mol. The van der Waals surface area contributed by atoms with Crippen molar-refractivity contribution in [2.24, 2.45) is 0 Å². The second-order valence-electron chi connectivity index (χ2n) is 2.92. The van der Waals surface area contributed by atoms with Gasteiger partial charge >= 0.3 is 0 Å². The lowest BCUT2D eigenvalue weighted by Gasteiger charge is -1.80. The Labute approximate surface area is 101 Å². The van der Waals surface area contributed by atoms with E-state index in [1.807, 2.05) is 18.2 Å². The normalized spacial score (nSPS) is 10.1. The van der Waals surface area contributed by atoms with E-state index in [-0.39, 0.29) is 0 Å². The van der Waals surface area contributed by atoms with Crippen molar-refractivity contribution in [3.8, 4) is 0 Å². The Morgan fingerprint density at radius 3 is 2.50 bits per heavy atom. The Kier molecular flexibility index (Phi) is 3.63. The molecule has 0 spiro atoms. The topological polar surface area (TPSA) is 52.1 Å². The highest BCUT2D eigenvalue weighted by molar-refractivity contribution is 8.00. The molecule has 16 heavy (non-hydrogen) atoms. The summed E-state index contributed by atoms with van der Waals surface area (Å²) in [4.78, 5) is 4.41. The number of thioether (sulfide) groups is 1. The summed E-state index contributed by atoms with van der Waals surface area (Å²) < 4.78 is 10.5.